The lowest BCUT2D eigenvalue weighted by atomic mass is 9.76. The van der Waals surface area contributed by atoms with E-state index in [1.807, 2.05) is 13.0 Å². The van der Waals surface area contributed by atoms with Gasteiger partial charge in [-0.15, -0.1) is 0 Å². The second kappa shape index (κ2) is 4.10. The summed E-state index contributed by atoms with van der Waals surface area (Å²) in [5.41, 5.74) is 1.17. The molecule has 0 spiro atoms. The van der Waals surface area contributed by atoms with Gasteiger partial charge in [-0.3, -0.25) is 0 Å². The Bertz CT molecular complexity index is 499. The molecular formula is C13H14N2O2. The standard InChI is InChI=1S/C13H14N2O2/c1-9-4-2-5-10(8-14)11(9)15-13(12(16)17)6-3-7-13/h2,4-5,15H,3,6-7H2,1H3,(H,16,17). The van der Waals surface area contributed by atoms with Gasteiger partial charge in [0, 0.05) is 0 Å². The molecule has 1 fully saturated rings. The van der Waals surface area contributed by atoms with Gasteiger partial charge in [0.15, 0.2) is 0 Å². The third-order valence-electron chi connectivity index (χ3n) is 3.37. The molecule has 0 aliphatic heterocycles. The van der Waals surface area contributed by atoms with Crippen LogP contribution in [0.25, 0.3) is 0 Å². The summed E-state index contributed by atoms with van der Waals surface area (Å²) in [5, 5.41) is 21.3. The molecule has 4 heteroatoms. The highest BCUT2D eigenvalue weighted by Crippen LogP contribution is 2.37. The van der Waals surface area contributed by atoms with Crippen LogP contribution in [-0.4, -0.2) is 16.6 Å². The monoisotopic (exact) mass is 230 g/mol. The highest BCUT2D eigenvalue weighted by molar-refractivity contribution is 5.85. The van der Waals surface area contributed by atoms with Gasteiger partial charge in [0.05, 0.1) is 11.3 Å². The predicted molar refractivity (Wildman–Crippen MR) is 63.7 cm³/mol. The van der Waals surface area contributed by atoms with Crippen LogP contribution in [0, 0.1) is 18.3 Å². The first kappa shape index (κ1) is 11.5. The molecule has 0 heterocycles. The number of nitrogens with zero attached hydrogens (tertiary/aromatic N) is 1. The maximum absolute atomic E-state index is 11.3. The number of nitriles is 1. The van der Waals surface area contributed by atoms with E-state index in [-0.39, 0.29) is 0 Å². The van der Waals surface area contributed by atoms with Gasteiger partial charge < -0.3 is 10.4 Å². The Morgan fingerprint density at radius 1 is 1.53 bits per heavy atom. The lowest BCUT2D eigenvalue weighted by Crippen LogP contribution is -2.52. The summed E-state index contributed by atoms with van der Waals surface area (Å²) in [5.74, 6) is -0.837. The van der Waals surface area contributed by atoms with E-state index in [0.717, 1.165) is 12.0 Å². The molecule has 2 rings (SSSR count). The number of benzene rings is 1. The number of aliphatic carboxylic acids is 1. The zero-order chi connectivity index (χ0) is 12.5. The molecule has 2 N–H and O–H groups in total. The molecule has 1 aromatic rings. The highest BCUT2D eigenvalue weighted by Gasteiger charge is 2.44. The number of anilines is 1. The fourth-order valence-electron chi connectivity index (χ4n) is 2.09. The molecule has 88 valence electrons. The van der Waals surface area contributed by atoms with E-state index in [1.165, 1.54) is 0 Å². The smallest absolute Gasteiger partial charge is 0.329 e. The first-order valence-electron chi connectivity index (χ1n) is 5.60. The van der Waals surface area contributed by atoms with Crippen molar-refractivity contribution < 1.29 is 9.90 Å². The first-order valence-corrected chi connectivity index (χ1v) is 5.60. The number of para-hydroxylation sites is 1. The first-order chi connectivity index (χ1) is 8.09. The molecular weight excluding hydrogens is 216 g/mol. The SMILES string of the molecule is Cc1cccc(C#N)c1NC1(C(=O)O)CCC1. The predicted octanol–water partition coefficient (Wildman–Crippen LogP) is 2.29. The molecule has 1 aliphatic carbocycles. The summed E-state index contributed by atoms with van der Waals surface area (Å²) in [6, 6.07) is 7.46. The van der Waals surface area contributed by atoms with Gasteiger partial charge >= 0.3 is 5.97 Å². The van der Waals surface area contributed by atoms with Crippen molar-refractivity contribution in [2.24, 2.45) is 0 Å². The molecule has 17 heavy (non-hydrogen) atoms. The third-order valence-corrected chi connectivity index (χ3v) is 3.37. The average molecular weight is 230 g/mol. The van der Waals surface area contributed by atoms with Gasteiger partial charge in [-0.2, -0.15) is 5.26 Å². The van der Waals surface area contributed by atoms with Gasteiger partial charge in [-0.05, 0) is 37.8 Å². The minimum atomic E-state index is -0.877. The van der Waals surface area contributed by atoms with Crippen molar-refractivity contribution >= 4 is 11.7 Å². The Morgan fingerprint density at radius 3 is 2.71 bits per heavy atom. The number of carbonyl (C=O) groups is 1. The largest absolute Gasteiger partial charge is 0.480 e. The van der Waals surface area contributed by atoms with Crippen molar-refractivity contribution in [3.8, 4) is 6.07 Å². The van der Waals surface area contributed by atoms with Gasteiger partial charge in [0.2, 0.25) is 0 Å². The molecule has 0 amide bonds. The number of hydrogen-bond acceptors (Lipinski definition) is 3. The zero-order valence-electron chi connectivity index (χ0n) is 9.66. The molecule has 4 nitrogen and oxygen atoms in total. The van der Waals surface area contributed by atoms with Crippen molar-refractivity contribution in [2.75, 3.05) is 5.32 Å². The maximum Gasteiger partial charge on any atom is 0.329 e. The van der Waals surface area contributed by atoms with Gasteiger partial charge in [-0.25, -0.2) is 4.79 Å². The molecule has 1 aliphatic rings. The molecule has 1 saturated carbocycles. The molecule has 0 radical (unpaired) electrons. The Hall–Kier alpha value is -2.02. The Kier molecular flexibility index (Phi) is 2.76. The second-order valence-corrected chi connectivity index (χ2v) is 4.48. The lowest BCUT2D eigenvalue weighted by Gasteiger charge is -2.39. The van der Waals surface area contributed by atoms with Crippen LogP contribution < -0.4 is 5.32 Å². The van der Waals surface area contributed by atoms with E-state index < -0.39 is 11.5 Å². The zero-order valence-corrected chi connectivity index (χ0v) is 9.66. The second-order valence-electron chi connectivity index (χ2n) is 4.48. The summed E-state index contributed by atoms with van der Waals surface area (Å²) < 4.78 is 0. The van der Waals surface area contributed by atoms with Gasteiger partial charge in [0.25, 0.3) is 0 Å². The summed E-state index contributed by atoms with van der Waals surface area (Å²) in [6.07, 6.45) is 2.14. The summed E-state index contributed by atoms with van der Waals surface area (Å²) in [6.45, 7) is 1.87. The van der Waals surface area contributed by atoms with Crippen LogP contribution in [0.3, 0.4) is 0 Å². The van der Waals surface area contributed by atoms with E-state index in [9.17, 15) is 9.90 Å². The molecule has 0 unspecified atom stereocenters. The Morgan fingerprint density at radius 2 is 2.24 bits per heavy atom. The van der Waals surface area contributed by atoms with Crippen LogP contribution in [-0.2, 0) is 4.79 Å². The van der Waals surface area contributed by atoms with E-state index in [2.05, 4.69) is 11.4 Å². The summed E-state index contributed by atoms with van der Waals surface area (Å²) >= 11 is 0. The average Bonchev–Trinajstić information content (AvgIpc) is 2.24. The quantitative estimate of drug-likeness (QED) is 0.835. The van der Waals surface area contributed by atoms with Crippen molar-refractivity contribution in [2.45, 2.75) is 31.7 Å². The van der Waals surface area contributed by atoms with Gasteiger partial charge in [-0.1, -0.05) is 12.1 Å². The van der Waals surface area contributed by atoms with Crippen LogP contribution >= 0.6 is 0 Å². The maximum atomic E-state index is 11.3. The number of rotatable bonds is 3. The Labute approximate surface area is 99.9 Å². The van der Waals surface area contributed by atoms with E-state index in [4.69, 9.17) is 5.26 Å². The fraction of sp³-hybridized carbons (Fsp3) is 0.385. The van der Waals surface area contributed by atoms with Crippen LogP contribution in [0.1, 0.15) is 30.4 Å². The third kappa shape index (κ3) is 1.84. The minimum absolute atomic E-state index is 0.498. The lowest BCUT2D eigenvalue weighted by molar-refractivity contribution is -0.145. The van der Waals surface area contributed by atoms with Crippen LogP contribution in [0.4, 0.5) is 5.69 Å². The molecule has 0 bridgehead atoms. The van der Waals surface area contributed by atoms with E-state index in [0.29, 0.717) is 24.1 Å². The highest BCUT2D eigenvalue weighted by atomic mass is 16.4. The van der Waals surface area contributed by atoms with Crippen LogP contribution in [0.2, 0.25) is 0 Å². The number of carboxylic acids is 1. The fourth-order valence-corrected chi connectivity index (χ4v) is 2.09. The number of aryl methyl sites for hydroxylation is 1. The topological polar surface area (TPSA) is 73.1 Å². The van der Waals surface area contributed by atoms with Crippen molar-refractivity contribution in [3.63, 3.8) is 0 Å². The van der Waals surface area contributed by atoms with E-state index >= 15 is 0 Å². The van der Waals surface area contributed by atoms with Crippen LogP contribution in [0.5, 0.6) is 0 Å². The van der Waals surface area contributed by atoms with Crippen molar-refractivity contribution in [1.29, 1.82) is 5.26 Å². The molecule has 0 saturated heterocycles. The van der Waals surface area contributed by atoms with E-state index in [1.54, 1.807) is 12.1 Å². The van der Waals surface area contributed by atoms with Crippen LogP contribution in [0.15, 0.2) is 18.2 Å². The number of carboxylic acid groups (broad SMARTS) is 1. The number of hydrogen-bond donors (Lipinski definition) is 2. The van der Waals surface area contributed by atoms with Gasteiger partial charge in [0.1, 0.15) is 11.6 Å². The summed E-state index contributed by atoms with van der Waals surface area (Å²) in [4.78, 5) is 11.3. The normalized spacial score (nSPS) is 16.7. The molecule has 0 aromatic heterocycles. The molecule has 1 aromatic carbocycles. The Balaban J connectivity index is 2.36. The minimum Gasteiger partial charge on any atom is -0.480 e. The van der Waals surface area contributed by atoms with Crippen molar-refractivity contribution in [1.82, 2.24) is 0 Å². The number of nitrogens with one attached hydrogen (secondary N) is 1. The van der Waals surface area contributed by atoms with Crippen molar-refractivity contribution in [3.05, 3.63) is 29.3 Å². The summed E-state index contributed by atoms with van der Waals surface area (Å²) in [7, 11) is 0. The molecule has 0 atom stereocenters.